The van der Waals surface area contributed by atoms with E-state index in [1.807, 2.05) is 32.0 Å². The minimum Gasteiger partial charge on any atom is -0.444 e. The van der Waals surface area contributed by atoms with Gasteiger partial charge in [-0.25, -0.2) is 14.3 Å². The number of carbonyl (C=O) groups is 3. The van der Waals surface area contributed by atoms with Gasteiger partial charge in [0, 0.05) is 30.8 Å². The Morgan fingerprint density at radius 1 is 1.05 bits per heavy atom. The van der Waals surface area contributed by atoms with Gasteiger partial charge in [0.25, 0.3) is 5.91 Å². The molecule has 200 valence electrons. The number of nitrogens with zero attached hydrogens (tertiary/aromatic N) is 6. The van der Waals surface area contributed by atoms with Gasteiger partial charge in [-0.15, -0.1) is 0 Å². The van der Waals surface area contributed by atoms with Gasteiger partial charge in [-0.05, 0) is 46.2 Å². The lowest BCUT2D eigenvalue weighted by Gasteiger charge is -2.35. The van der Waals surface area contributed by atoms with Gasteiger partial charge in [-0.1, -0.05) is 29.8 Å². The zero-order valence-electron chi connectivity index (χ0n) is 22.2. The van der Waals surface area contributed by atoms with Crippen LogP contribution in [0.4, 0.5) is 4.79 Å². The highest BCUT2D eigenvalue weighted by molar-refractivity contribution is 6.31. The van der Waals surface area contributed by atoms with Crippen molar-refractivity contribution < 1.29 is 19.1 Å². The summed E-state index contributed by atoms with van der Waals surface area (Å²) in [7, 11) is 0. The summed E-state index contributed by atoms with van der Waals surface area (Å²) in [4.78, 5) is 48.4. The molecule has 1 fully saturated rings. The largest absolute Gasteiger partial charge is 0.444 e. The number of rotatable bonds is 3. The second kappa shape index (κ2) is 9.58. The van der Waals surface area contributed by atoms with E-state index in [1.165, 1.54) is 4.90 Å². The van der Waals surface area contributed by atoms with Crippen molar-refractivity contribution in [3.8, 4) is 0 Å². The van der Waals surface area contributed by atoms with E-state index in [0.29, 0.717) is 36.8 Å². The number of carbonyl (C=O) groups excluding carboxylic acids is 3. The maximum atomic E-state index is 13.6. The fraction of sp³-hybridized carbons (Fsp3) is 0.444. The zero-order valence-corrected chi connectivity index (χ0v) is 23.0. The molecule has 2 aliphatic rings. The number of hydrogen-bond acceptors (Lipinski definition) is 6. The molecule has 0 bridgehead atoms. The van der Waals surface area contributed by atoms with E-state index in [-0.39, 0.29) is 24.9 Å². The van der Waals surface area contributed by atoms with Crippen LogP contribution in [0.3, 0.4) is 0 Å². The fourth-order valence-electron chi connectivity index (χ4n) is 4.86. The molecule has 0 atom stereocenters. The Morgan fingerprint density at radius 3 is 2.50 bits per heavy atom. The number of amides is 3. The van der Waals surface area contributed by atoms with Crippen molar-refractivity contribution in [2.24, 2.45) is 0 Å². The summed E-state index contributed by atoms with van der Waals surface area (Å²) in [6, 6.07) is 7.33. The smallest absolute Gasteiger partial charge is 0.410 e. The van der Waals surface area contributed by atoms with Crippen LogP contribution in [-0.4, -0.2) is 72.4 Å². The van der Waals surface area contributed by atoms with Crippen molar-refractivity contribution in [1.82, 2.24) is 29.3 Å². The molecule has 5 rings (SSSR count). The Bertz CT molecular complexity index is 1460. The van der Waals surface area contributed by atoms with Crippen molar-refractivity contribution in [2.45, 2.75) is 59.9 Å². The molecule has 0 radical (unpaired) electrons. The van der Waals surface area contributed by atoms with Crippen LogP contribution in [0.5, 0.6) is 0 Å². The normalized spacial score (nSPS) is 15.8. The van der Waals surface area contributed by atoms with Crippen LogP contribution in [0.2, 0.25) is 5.02 Å². The molecule has 10 nitrogen and oxygen atoms in total. The average molecular weight is 539 g/mol. The van der Waals surface area contributed by atoms with Gasteiger partial charge in [-0.2, -0.15) is 5.10 Å². The molecule has 3 aromatic rings. The van der Waals surface area contributed by atoms with Crippen molar-refractivity contribution in [3.05, 3.63) is 63.1 Å². The molecule has 2 aromatic heterocycles. The molecule has 0 unspecified atom stereocenters. The van der Waals surface area contributed by atoms with E-state index in [0.717, 1.165) is 33.9 Å². The Labute approximate surface area is 226 Å². The highest BCUT2D eigenvalue weighted by Gasteiger charge is 2.33. The molecule has 38 heavy (non-hydrogen) atoms. The number of aromatic nitrogens is 3. The SMILES string of the molecule is Cc1nc2c3c(nn2c(C)c1Cl)CN(C(=O)c1ccccc1CN1CCN(C(=O)OC(C)(C)C)CC1=O)C3. The lowest BCUT2D eigenvalue weighted by molar-refractivity contribution is -0.136. The lowest BCUT2D eigenvalue weighted by Crippen LogP contribution is -2.52. The first-order valence-electron chi connectivity index (χ1n) is 12.6. The van der Waals surface area contributed by atoms with Crippen molar-refractivity contribution >= 4 is 35.2 Å². The van der Waals surface area contributed by atoms with Gasteiger partial charge in [-0.3, -0.25) is 14.5 Å². The van der Waals surface area contributed by atoms with Crippen LogP contribution in [0.25, 0.3) is 5.65 Å². The standard InChI is InChI=1S/C27H31ClN6O4/c1-16-23(28)17(2)34-24(29-16)20-13-33(14-21(20)30-34)25(36)19-9-7-6-8-18(19)12-31-10-11-32(15-22(31)35)26(37)38-27(3,4)5/h6-9H,10-15H2,1-5H3. The molecule has 1 saturated heterocycles. The van der Waals surface area contributed by atoms with Crippen LogP contribution >= 0.6 is 11.6 Å². The number of benzene rings is 1. The average Bonchev–Trinajstić information content (AvgIpc) is 3.42. The van der Waals surface area contributed by atoms with E-state index in [1.54, 1.807) is 41.2 Å². The van der Waals surface area contributed by atoms with Gasteiger partial charge < -0.3 is 14.5 Å². The lowest BCUT2D eigenvalue weighted by atomic mass is 10.1. The number of ether oxygens (including phenoxy) is 1. The van der Waals surface area contributed by atoms with Crippen molar-refractivity contribution in [2.75, 3.05) is 19.6 Å². The molecule has 0 saturated carbocycles. The first-order chi connectivity index (χ1) is 17.9. The summed E-state index contributed by atoms with van der Waals surface area (Å²) in [5.74, 6) is -0.312. The molecule has 0 spiro atoms. The van der Waals surface area contributed by atoms with Crippen LogP contribution in [0.1, 0.15) is 59.3 Å². The quantitative estimate of drug-likeness (QED) is 0.503. The van der Waals surface area contributed by atoms with Crippen molar-refractivity contribution in [1.29, 1.82) is 0 Å². The second-order valence-corrected chi connectivity index (χ2v) is 11.2. The van der Waals surface area contributed by atoms with Gasteiger partial charge in [0.05, 0.1) is 35.2 Å². The molecule has 3 amide bonds. The van der Waals surface area contributed by atoms with Crippen LogP contribution in [-0.2, 0) is 29.2 Å². The van der Waals surface area contributed by atoms with Gasteiger partial charge in [0.15, 0.2) is 5.65 Å². The van der Waals surface area contributed by atoms with Crippen LogP contribution in [0.15, 0.2) is 24.3 Å². The predicted octanol–water partition coefficient (Wildman–Crippen LogP) is 3.73. The topological polar surface area (TPSA) is 100 Å². The Hall–Kier alpha value is -3.66. The Kier molecular flexibility index (Phi) is 6.54. The number of fused-ring (bicyclic) bond motifs is 3. The van der Waals surface area contributed by atoms with E-state index in [9.17, 15) is 14.4 Å². The number of hydrogen-bond donors (Lipinski definition) is 0. The molecule has 0 aliphatic carbocycles. The summed E-state index contributed by atoms with van der Waals surface area (Å²) < 4.78 is 7.15. The molecule has 0 N–H and O–H groups in total. The molecule has 1 aromatic carbocycles. The summed E-state index contributed by atoms with van der Waals surface area (Å²) >= 11 is 6.35. The highest BCUT2D eigenvalue weighted by atomic mass is 35.5. The van der Waals surface area contributed by atoms with Gasteiger partial charge >= 0.3 is 6.09 Å². The highest BCUT2D eigenvalue weighted by Crippen LogP contribution is 2.30. The van der Waals surface area contributed by atoms with Gasteiger partial charge in [0.2, 0.25) is 5.91 Å². The minimum atomic E-state index is -0.629. The van der Waals surface area contributed by atoms with Crippen molar-refractivity contribution in [3.63, 3.8) is 0 Å². The predicted molar refractivity (Wildman–Crippen MR) is 141 cm³/mol. The number of piperazine rings is 1. The van der Waals surface area contributed by atoms with E-state index in [4.69, 9.17) is 16.3 Å². The van der Waals surface area contributed by atoms with E-state index >= 15 is 0 Å². The van der Waals surface area contributed by atoms with Crippen LogP contribution < -0.4 is 0 Å². The third-order valence-electron chi connectivity index (χ3n) is 6.82. The third kappa shape index (κ3) is 4.80. The summed E-state index contributed by atoms with van der Waals surface area (Å²) in [5, 5.41) is 5.26. The zero-order chi connectivity index (χ0) is 27.4. The fourth-order valence-corrected chi connectivity index (χ4v) is 4.98. The maximum absolute atomic E-state index is 13.6. The Balaban J connectivity index is 1.30. The monoisotopic (exact) mass is 538 g/mol. The molecular weight excluding hydrogens is 508 g/mol. The molecule has 2 aliphatic heterocycles. The number of halogens is 1. The Morgan fingerprint density at radius 2 is 1.79 bits per heavy atom. The first kappa shape index (κ1) is 26.0. The van der Waals surface area contributed by atoms with E-state index < -0.39 is 11.7 Å². The maximum Gasteiger partial charge on any atom is 0.410 e. The number of aryl methyl sites for hydroxylation is 2. The molecule has 4 heterocycles. The third-order valence-corrected chi connectivity index (χ3v) is 7.37. The first-order valence-corrected chi connectivity index (χ1v) is 13.0. The minimum absolute atomic E-state index is 0.0534. The second-order valence-electron chi connectivity index (χ2n) is 10.8. The summed E-state index contributed by atoms with van der Waals surface area (Å²) in [6.07, 6.45) is -0.497. The molecule has 11 heteroatoms. The van der Waals surface area contributed by atoms with Gasteiger partial charge in [0.1, 0.15) is 12.1 Å². The summed E-state index contributed by atoms with van der Waals surface area (Å²) in [6.45, 7) is 10.9. The van der Waals surface area contributed by atoms with Crippen LogP contribution in [0, 0.1) is 13.8 Å². The molecular formula is C27H31ClN6O4. The summed E-state index contributed by atoms with van der Waals surface area (Å²) in [5.41, 5.74) is 4.67. The van der Waals surface area contributed by atoms with E-state index in [2.05, 4.69) is 10.1 Å².